The summed E-state index contributed by atoms with van der Waals surface area (Å²) in [5.41, 5.74) is 5.15. The molecule has 0 bridgehead atoms. The lowest BCUT2D eigenvalue weighted by Crippen LogP contribution is -2.13. The van der Waals surface area contributed by atoms with E-state index in [1.807, 2.05) is 0 Å². The van der Waals surface area contributed by atoms with Gasteiger partial charge in [-0.3, -0.25) is 5.41 Å². The number of nitrogens with one attached hydrogen (secondary N) is 1. The Bertz CT molecular complexity index is 344. The Morgan fingerprint density at radius 3 is 2.86 bits per heavy atom. The molecule has 1 rings (SSSR count). The second-order valence-electron chi connectivity index (χ2n) is 2.70. The van der Waals surface area contributed by atoms with E-state index in [0.29, 0.717) is 23.2 Å². The summed E-state index contributed by atoms with van der Waals surface area (Å²) in [6.07, 6.45) is 0.365. The van der Waals surface area contributed by atoms with Crippen LogP contribution in [0, 0.1) is 11.2 Å². The summed E-state index contributed by atoms with van der Waals surface area (Å²) in [5, 5.41) is 6.97. The van der Waals surface area contributed by atoms with Crippen LogP contribution >= 0.6 is 15.9 Å². The summed E-state index contributed by atoms with van der Waals surface area (Å²) < 4.78 is 18.5. The first-order chi connectivity index (χ1) is 6.59. The van der Waals surface area contributed by atoms with Crippen LogP contribution in [0.4, 0.5) is 4.39 Å². The van der Waals surface area contributed by atoms with Crippen LogP contribution in [-0.4, -0.2) is 12.4 Å². The van der Waals surface area contributed by atoms with Gasteiger partial charge in [-0.2, -0.15) is 0 Å². The zero-order valence-corrected chi connectivity index (χ0v) is 8.97. The molecule has 0 aliphatic carbocycles. The highest BCUT2D eigenvalue weighted by Gasteiger charge is 2.02. The number of nitrogens with two attached hydrogens (primary N) is 1. The van der Waals surface area contributed by atoms with E-state index in [-0.39, 0.29) is 11.7 Å². The van der Waals surface area contributed by atoms with E-state index in [1.165, 1.54) is 18.2 Å². The topological polar surface area (TPSA) is 59.1 Å². The molecule has 0 aromatic heterocycles. The van der Waals surface area contributed by atoms with Crippen LogP contribution in [0.3, 0.4) is 0 Å². The zero-order valence-electron chi connectivity index (χ0n) is 7.39. The summed E-state index contributed by atoms with van der Waals surface area (Å²) in [5.74, 6) is 0.298. The first-order valence-electron chi connectivity index (χ1n) is 4.00. The fourth-order valence-corrected chi connectivity index (χ4v) is 1.33. The Morgan fingerprint density at radius 2 is 2.29 bits per heavy atom. The molecular formula is C9H10BrFN2O. The van der Waals surface area contributed by atoms with Crippen molar-refractivity contribution in [3.8, 4) is 5.75 Å². The second kappa shape index (κ2) is 4.95. The van der Waals surface area contributed by atoms with Crippen LogP contribution in [0.5, 0.6) is 5.75 Å². The maximum atomic E-state index is 12.7. The van der Waals surface area contributed by atoms with E-state index in [4.69, 9.17) is 15.9 Å². The highest BCUT2D eigenvalue weighted by molar-refractivity contribution is 9.10. The van der Waals surface area contributed by atoms with Crippen LogP contribution in [-0.2, 0) is 0 Å². The van der Waals surface area contributed by atoms with Crippen molar-refractivity contribution in [2.75, 3.05) is 6.61 Å². The van der Waals surface area contributed by atoms with Crippen molar-refractivity contribution in [2.24, 2.45) is 5.73 Å². The first-order valence-corrected chi connectivity index (χ1v) is 4.79. The molecule has 0 spiro atoms. The highest BCUT2D eigenvalue weighted by atomic mass is 79.9. The van der Waals surface area contributed by atoms with E-state index in [0.717, 1.165) is 0 Å². The normalized spacial score (nSPS) is 9.86. The van der Waals surface area contributed by atoms with Crippen LogP contribution in [0.1, 0.15) is 6.42 Å². The molecule has 0 unspecified atom stereocenters. The van der Waals surface area contributed by atoms with Gasteiger partial charge in [0.2, 0.25) is 0 Å². The van der Waals surface area contributed by atoms with Crippen LogP contribution in [0.25, 0.3) is 0 Å². The van der Waals surface area contributed by atoms with Gasteiger partial charge in [0.1, 0.15) is 11.6 Å². The van der Waals surface area contributed by atoms with Crippen molar-refractivity contribution in [1.82, 2.24) is 0 Å². The Labute approximate surface area is 89.7 Å². The predicted molar refractivity (Wildman–Crippen MR) is 56.1 cm³/mol. The third-order valence-electron chi connectivity index (χ3n) is 1.52. The monoisotopic (exact) mass is 260 g/mol. The van der Waals surface area contributed by atoms with Crippen LogP contribution in [0.15, 0.2) is 22.7 Å². The maximum Gasteiger partial charge on any atom is 0.133 e. The molecule has 0 amide bonds. The third-order valence-corrected chi connectivity index (χ3v) is 2.14. The van der Waals surface area contributed by atoms with Crippen molar-refractivity contribution in [3.05, 3.63) is 28.5 Å². The highest BCUT2D eigenvalue weighted by Crippen LogP contribution is 2.25. The predicted octanol–water partition coefficient (Wildman–Crippen LogP) is 2.29. The molecule has 0 aliphatic heterocycles. The second-order valence-corrected chi connectivity index (χ2v) is 3.55. The number of rotatable bonds is 4. The zero-order chi connectivity index (χ0) is 10.6. The van der Waals surface area contributed by atoms with Gasteiger partial charge in [-0.1, -0.05) is 0 Å². The average molecular weight is 261 g/mol. The van der Waals surface area contributed by atoms with E-state index in [9.17, 15) is 4.39 Å². The Balaban J connectivity index is 2.55. The van der Waals surface area contributed by atoms with Gasteiger partial charge in [-0.05, 0) is 34.1 Å². The van der Waals surface area contributed by atoms with Crippen molar-refractivity contribution in [3.63, 3.8) is 0 Å². The largest absolute Gasteiger partial charge is 0.492 e. The summed E-state index contributed by atoms with van der Waals surface area (Å²) in [6, 6.07) is 4.16. The summed E-state index contributed by atoms with van der Waals surface area (Å²) in [7, 11) is 0. The fraction of sp³-hybridized carbons (Fsp3) is 0.222. The average Bonchev–Trinajstić information content (AvgIpc) is 2.08. The molecule has 5 heteroatoms. The Morgan fingerprint density at radius 1 is 1.57 bits per heavy atom. The first kappa shape index (κ1) is 11.0. The lowest BCUT2D eigenvalue weighted by Gasteiger charge is -2.07. The summed E-state index contributed by atoms with van der Waals surface area (Å²) in [6.45, 7) is 0.319. The van der Waals surface area contributed by atoms with Crippen molar-refractivity contribution in [1.29, 1.82) is 5.41 Å². The molecule has 0 atom stereocenters. The smallest absolute Gasteiger partial charge is 0.133 e. The molecule has 0 saturated carbocycles. The molecule has 0 fully saturated rings. The molecule has 76 valence electrons. The minimum Gasteiger partial charge on any atom is -0.492 e. The molecule has 0 aliphatic rings. The minimum atomic E-state index is -0.323. The van der Waals surface area contributed by atoms with Gasteiger partial charge in [-0.15, -0.1) is 0 Å². The van der Waals surface area contributed by atoms with Gasteiger partial charge in [-0.25, -0.2) is 4.39 Å². The number of hydrogen-bond acceptors (Lipinski definition) is 2. The minimum absolute atomic E-state index is 0.0724. The summed E-state index contributed by atoms with van der Waals surface area (Å²) >= 11 is 3.16. The Kier molecular flexibility index (Phi) is 3.88. The third kappa shape index (κ3) is 3.33. The molecule has 1 aromatic carbocycles. The SMILES string of the molecule is N=C(N)CCOc1ccc(F)cc1Br. The van der Waals surface area contributed by atoms with Gasteiger partial charge in [0.05, 0.1) is 16.9 Å². The number of ether oxygens (including phenoxy) is 1. The van der Waals surface area contributed by atoms with Gasteiger partial charge in [0.25, 0.3) is 0 Å². The fourth-order valence-electron chi connectivity index (χ4n) is 0.863. The molecule has 1 aromatic rings. The molecular weight excluding hydrogens is 251 g/mol. The summed E-state index contributed by atoms with van der Waals surface area (Å²) in [4.78, 5) is 0. The number of amidine groups is 1. The Hall–Kier alpha value is -1.10. The molecule has 0 saturated heterocycles. The molecule has 0 heterocycles. The van der Waals surface area contributed by atoms with E-state index < -0.39 is 0 Å². The number of halogens is 2. The maximum absolute atomic E-state index is 12.7. The van der Waals surface area contributed by atoms with E-state index >= 15 is 0 Å². The van der Waals surface area contributed by atoms with Gasteiger partial charge >= 0.3 is 0 Å². The lowest BCUT2D eigenvalue weighted by atomic mass is 10.3. The number of hydrogen-bond donors (Lipinski definition) is 2. The lowest BCUT2D eigenvalue weighted by molar-refractivity contribution is 0.326. The molecule has 3 N–H and O–H groups in total. The van der Waals surface area contributed by atoms with E-state index in [1.54, 1.807) is 0 Å². The van der Waals surface area contributed by atoms with Gasteiger partial charge in [0.15, 0.2) is 0 Å². The van der Waals surface area contributed by atoms with Crippen molar-refractivity contribution in [2.45, 2.75) is 6.42 Å². The number of benzene rings is 1. The quantitative estimate of drug-likeness (QED) is 0.645. The molecule has 14 heavy (non-hydrogen) atoms. The standard InChI is InChI=1S/C9H10BrFN2O/c10-7-5-6(11)1-2-8(7)14-4-3-9(12)13/h1-2,5H,3-4H2,(H3,12,13). The van der Waals surface area contributed by atoms with E-state index in [2.05, 4.69) is 15.9 Å². The van der Waals surface area contributed by atoms with Gasteiger partial charge < -0.3 is 10.5 Å². The van der Waals surface area contributed by atoms with Gasteiger partial charge in [0, 0.05) is 6.42 Å². The van der Waals surface area contributed by atoms with Crippen LogP contribution < -0.4 is 10.5 Å². The van der Waals surface area contributed by atoms with Crippen LogP contribution in [0.2, 0.25) is 0 Å². The van der Waals surface area contributed by atoms with Crippen molar-refractivity contribution >= 4 is 21.8 Å². The molecule has 3 nitrogen and oxygen atoms in total. The van der Waals surface area contributed by atoms with Crippen molar-refractivity contribution < 1.29 is 9.13 Å². The molecule has 0 radical (unpaired) electrons.